The van der Waals surface area contributed by atoms with Crippen LogP contribution < -0.4 is 5.32 Å². The van der Waals surface area contributed by atoms with Gasteiger partial charge in [0.2, 0.25) is 0 Å². The van der Waals surface area contributed by atoms with E-state index < -0.39 is 0 Å². The molecular formula is C19H17FN2O2. The van der Waals surface area contributed by atoms with E-state index in [9.17, 15) is 14.3 Å². The van der Waals surface area contributed by atoms with Crippen LogP contribution in [0.4, 0.5) is 10.1 Å². The molecule has 24 heavy (non-hydrogen) atoms. The number of nitrogens with zero attached hydrogens (tertiary/aromatic N) is 1. The Morgan fingerprint density at radius 1 is 1.08 bits per heavy atom. The fourth-order valence-corrected chi connectivity index (χ4v) is 2.76. The highest BCUT2D eigenvalue weighted by Gasteiger charge is 2.17. The first-order chi connectivity index (χ1) is 11.5. The second kappa shape index (κ2) is 6.20. The summed E-state index contributed by atoms with van der Waals surface area (Å²) >= 11 is 0. The second-order valence-corrected chi connectivity index (χ2v) is 5.60. The maximum Gasteiger partial charge on any atom is 0.257 e. The number of benzene rings is 2. The van der Waals surface area contributed by atoms with Crippen molar-refractivity contribution < 1.29 is 14.3 Å². The summed E-state index contributed by atoms with van der Waals surface area (Å²) < 4.78 is 15.0. The minimum absolute atomic E-state index is 0.0876. The summed E-state index contributed by atoms with van der Waals surface area (Å²) in [5.74, 6) is -0.477. The molecule has 0 unspecified atom stereocenters. The lowest BCUT2D eigenvalue weighted by Gasteiger charge is -2.10. The molecule has 0 atom stereocenters. The highest BCUT2D eigenvalue weighted by atomic mass is 19.1. The molecular weight excluding hydrogens is 307 g/mol. The van der Waals surface area contributed by atoms with Crippen molar-refractivity contribution in [3.8, 4) is 11.4 Å². The predicted octanol–water partition coefficient (Wildman–Crippen LogP) is 4.19. The lowest BCUT2D eigenvalue weighted by molar-refractivity contribution is 0.102. The van der Waals surface area contributed by atoms with E-state index in [1.54, 1.807) is 30.3 Å². The Hall–Kier alpha value is -3.08. The number of amides is 1. The van der Waals surface area contributed by atoms with Crippen molar-refractivity contribution in [2.45, 2.75) is 13.8 Å². The molecule has 122 valence electrons. The van der Waals surface area contributed by atoms with Gasteiger partial charge in [-0.25, -0.2) is 4.39 Å². The van der Waals surface area contributed by atoms with Gasteiger partial charge in [-0.1, -0.05) is 6.07 Å². The summed E-state index contributed by atoms with van der Waals surface area (Å²) in [5, 5.41) is 12.3. The highest BCUT2D eigenvalue weighted by Crippen LogP contribution is 2.23. The molecule has 3 rings (SSSR count). The van der Waals surface area contributed by atoms with Gasteiger partial charge in [0.1, 0.15) is 11.6 Å². The molecule has 0 saturated carbocycles. The SMILES string of the molecule is Cc1cc(C(=O)Nc2cccc(O)c2)c(C)n1-c1ccc(F)cc1. The largest absolute Gasteiger partial charge is 0.508 e. The molecule has 3 aromatic rings. The van der Waals surface area contributed by atoms with Crippen molar-refractivity contribution in [3.05, 3.63) is 77.4 Å². The molecule has 1 aromatic heterocycles. The summed E-state index contributed by atoms with van der Waals surface area (Å²) in [6.07, 6.45) is 0. The highest BCUT2D eigenvalue weighted by molar-refractivity contribution is 6.05. The van der Waals surface area contributed by atoms with Crippen LogP contribution in [0.25, 0.3) is 5.69 Å². The number of carbonyl (C=O) groups is 1. The smallest absolute Gasteiger partial charge is 0.257 e. The quantitative estimate of drug-likeness (QED) is 0.759. The topological polar surface area (TPSA) is 54.3 Å². The van der Waals surface area contributed by atoms with Crippen LogP contribution >= 0.6 is 0 Å². The number of rotatable bonds is 3. The van der Waals surface area contributed by atoms with E-state index in [2.05, 4.69) is 5.32 Å². The molecule has 0 aliphatic carbocycles. The normalized spacial score (nSPS) is 10.6. The fraction of sp³-hybridized carbons (Fsp3) is 0.105. The third-order valence-corrected chi connectivity index (χ3v) is 3.86. The summed E-state index contributed by atoms with van der Waals surface area (Å²) in [4.78, 5) is 12.5. The van der Waals surface area contributed by atoms with Crippen LogP contribution in [-0.2, 0) is 0 Å². The van der Waals surface area contributed by atoms with Crippen LogP contribution in [0.2, 0.25) is 0 Å². The summed E-state index contributed by atoms with van der Waals surface area (Å²) in [5.41, 5.74) is 3.48. The van der Waals surface area contributed by atoms with Crippen molar-refractivity contribution in [1.82, 2.24) is 4.57 Å². The molecule has 4 nitrogen and oxygen atoms in total. The van der Waals surface area contributed by atoms with Crippen LogP contribution in [0.5, 0.6) is 5.75 Å². The lowest BCUT2D eigenvalue weighted by atomic mass is 10.2. The van der Waals surface area contributed by atoms with Crippen LogP contribution in [0, 0.1) is 19.7 Å². The van der Waals surface area contributed by atoms with E-state index >= 15 is 0 Å². The zero-order chi connectivity index (χ0) is 17.3. The van der Waals surface area contributed by atoms with Gasteiger partial charge in [0.15, 0.2) is 0 Å². The Labute approximate surface area is 139 Å². The van der Waals surface area contributed by atoms with Gasteiger partial charge in [-0.05, 0) is 56.3 Å². The molecule has 0 aliphatic heterocycles. The average Bonchev–Trinajstić information content (AvgIpc) is 2.83. The summed E-state index contributed by atoms with van der Waals surface area (Å²) in [6.45, 7) is 3.73. The Balaban J connectivity index is 1.93. The molecule has 0 radical (unpaired) electrons. The van der Waals surface area contributed by atoms with Crippen LogP contribution in [0.1, 0.15) is 21.7 Å². The molecule has 0 fully saturated rings. The zero-order valence-electron chi connectivity index (χ0n) is 13.4. The minimum atomic E-state index is -0.303. The average molecular weight is 324 g/mol. The molecule has 2 N–H and O–H groups in total. The van der Waals surface area contributed by atoms with Crippen LogP contribution in [0.15, 0.2) is 54.6 Å². The van der Waals surface area contributed by atoms with Crippen LogP contribution in [0.3, 0.4) is 0 Å². The number of hydrogen-bond donors (Lipinski definition) is 2. The Kier molecular flexibility index (Phi) is 4.08. The standard InChI is InChI=1S/C19H17FN2O2/c1-12-10-18(19(24)21-15-4-3-5-17(23)11-15)13(2)22(12)16-8-6-14(20)7-9-16/h3-11,23H,1-2H3,(H,21,24). The van der Waals surface area contributed by atoms with Gasteiger partial charge >= 0.3 is 0 Å². The van der Waals surface area contributed by atoms with E-state index in [4.69, 9.17) is 0 Å². The van der Waals surface area contributed by atoms with Gasteiger partial charge in [0, 0.05) is 28.8 Å². The number of hydrogen-bond acceptors (Lipinski definition) is 2. The minimum Gasteiger partial charge on any atom is -0.508 e. The number of aromatic nitrogens is 1. The molecule has 0 saturated heterocycles. The van der Waals surface area contributed by atoms with Crippen molar-refractivity contribution in [3.63, 3.8) is 0 Å². The molecule has 0 spiro atoms. The first-order valence-electron chi connectivity index (χ1n) is 7.51. The lowest BCUT2D eigenvalue weighted by Crippen LogP contribution is -2.13. The first-order valence-corrected chi connectivity index (χ1v) is 7.51. The number of phenolic OH excluding ortho intramolecular Hbond substituents is 1. The third kappa shape index (κ3) is 3.01. The van der Waals surface area contributed by atoms with E-state index in [1.165, 1.54) is 24.3 Å². The molecule has 1 heterocycles. The zero-order valence-corrected chi connectivity index (χ0v) is 13.4. The van der Waals surface area contributed by atoms with Crippen molar-refractivity contribution >= 4 is 11.6 Å². The number of aryl methyl sites for hydroxylation is 1. The molecule has 0 bridgehead atoms. The molecule has 2 aromatic carbocycles. The fourth-order valence-electron chi connectivity index (χ4n) is 2.76. The van der Waals surface area contributed by atoms with Crippen molar-refractivity contribution in [2.75, 3.05) is 5.32 Å². The number of carbonyl (C=O) groups excluding carboxylic acids is 1. The maximum atomic E-state index is 13.1. The van der Waals surface area contributed by atoms with Gasteiger partial charge in [-0.3, -0.25) is 4.79 Å². The maximum absolute atomic E-state index is 13.1. The summed E-state index contributed by atoms with van der Waals surface area (Å²) in [6, 6.07) is 14.3. The van der Waals surface area contributed by atoms with Crippen LogP contribution in [-0.4, -0.2) is 15.6 Å². The first kappa shape index (κ1) is 15.8. The van der Waals surface area contributed by atoms with E-state index in [0.29, 0.717) is 11.3 Å². The second-order valence-electron chi connectivity index (χ2n) is 5.60. The van der Waals surface area contributed by atoms with Gasteiger partial charge < -0.3 is 15.0 Å². The number of anilines is 1. The van der Waals surface area contributed by atoms with Gasteiger partial charge in [0.05, 0.1) is 5.56 Å². The molecule has 1 amide bonds. The third-order valence-electron chi connectivity index (χ3n) is 3.86. The number of halogens is 1. The number of aromatic hydroxyl groups is 1. The molecule has 5 heteroatoms. The van der Waals surface area contributed by atoms with E-state index in [0.717, 1.165) is 17.1 Å². The number of phenols is 1. The van der Waals surface area contributed by atoms with E-state index in [-0.39, 0.29) is 17.5 Å². The van der Waals surface area contributed by atoms with Gasteiger partial charge in [-0.2, -0.15) is 0 Å². The van der Waals surface area contributed by atoms with Crippen molar-refractivity contribution in [1.29, 1.82) is 0 Å². The van der Waals surface area contributed by atoms with Gasteiger partial charge in [-0.15, -0.1) is 0 Å². The Morgan fingerprint density at radius 3 is 2.46 bits per heavy atom. The van der Waals surface area contributed by atoms with Gasteiger partial charge in [0.25, 0.3) is 5.91 Å². The molecule has 0 aliphatic rings. The number of nitrogens with one attached hydrogen (secondary N) is 1. The Bertz CT molecular complexity index is 898. The predicted molar refractivity (Wildman–Crippen MR) is 91.3 cm³/mol. The summed E-state index contributed by atoms with van der Waals surface area (Å²) in [7, 11) is 0. The monoisotopic (exact) mass is 324 g/mol. The van der Waals surface area contributed by atoms with Crippen molar-refractivity contribution in [2.24, 2.45) is 0 Å². The van der Waals surface area contributed by atoms with E-state index in [1.807, 2.05) is 18.4 Å². The Morgan fingerprint density at radius 2 is 1.79 bits per heavy atom.